The van der Waals surface area contributed by atoms with E-state index in [9.17, 15) is 0 Å². The number of hydrogen-bond donors (Lipinski definition) is 1. The first-order chi connectivity index (χ1) is 7.88. The number of nitrogens with zero attached hydrogens (tertiary/aromatic N) is 2. The molecule has 1 aromatic heterocycles. The third kappa shape index (κ3) is 4.68. The fourth-order valence-corrected chi connectivity index (χ4v) is 1.38. The van der Waals surface area contributed by atoms with Crippen LogP contribution in [0.25, 0.3) is 0 Å². The highest BCUT2D eigenvalue weighted by atomic mass is 16.5. The Morgan fingerprint density at radius 2 is 2.00 bits per heavy atom. The highest BCUT2D eigenvalue weighted by Crippen LogP contribution is 2.07. The molecule has 0 spiro atoms. The van der Waals surface area contributed by atoms with Gasteiger partial charge in [0.2, 0.25) is 0 Å². The largest absolute Gasteiger partial charge is 0.379 e. The second kappa shape index (κ2) is 8.19. The van der Waals surface area contributed by atoms with Gasteiger partial charge in [0.15, 0.2) is 0 Å². The molecule has 1 aromatic rings. The molecule has 1 N–H and O–H groups in total. The lowest BCUT2D eigenvalue weighted by Crippen LogP contribution is -2.28. The van der Waals surface area contributed by atoms with Crippen molar-refractivity contribution >= 4 is 0 Å². The van der Waals surface area contributed by atoms with E-state index < -0.39 is 0 Å². The van der Waals surface area contributed by atoms with E-state index in [-0.39, 0.29) is 6.04 Å². The number of aromatic nitrogens is 2. The summed E-state index contributed by atoms with van der Waals surface area (Å²) >= 11 is 0. The van der Waals surface area contributed by atoms with Crippen LogP contribution in [-0.2, 0) is 4.74 Å². The van der Waals surface area contributed by atoms with Crippen molar-refractivity contribution in [3.63, 3.8) is 0 Å². The Balaban J connectivity index is 2.49. The zero-order valence-electron chi connectivity index (χ0n) is 10.1. The Bertz CT molecular complexity index is 266. The molecule has 90 valence electrons. The minimum atomic E-state index is 0.104. The van der Waals surface area contributed by atoms with E-state index in [1.807, 2.05) is 6.07 Å². The van der Waals surface area contributed by atoms with Crippen LogP contribution in [0.5, 0.6) is 0 Å². The van der Waals surface area contributed by atoms with Crippen molar-refractivity contribution in [1.29, 1.82) is 0 Å². The standard InChI is InChI=1S/C12H21N3O/c1-3-6-13-11(10-16-9-4-2)12-14-7-5-8-15-12/h5,7-8,11,13H,3-4,6,9-10H2,1-2H3. The molecular weight excluding hydrogens is 202 g/mol. The van der Waals surface area contributed by atoms with Crippen LogP contribution in [0.1, 0.15) is 38.6 Å². The number of hydrogen-bond acceptors (Lipinski definition) is 4. The van der Waals surface area contributed by atoms with Crippen LogP contribution in [0.15, 0.2) is 18.5 Å². The SMILES string of the molecule is CCCNC(COCCC)c1ncccn1. The van der Waals surface area contributed by atoms with Crippen molar-refractivity contribution in [1.82, 2.24) is 15.3 Å². The van der Waals surface area contributed by atoms with Crippen molar-refractivity contribution in [2.24, 2.45) is 0 Å². The summed E-state index contributed by atoms with van der Waals surface area (Å²) in [5.41, 5.74) is 0. The first kappa shape index (κ1) is 13.1. The van der Waals surface area contributed by atoms with Gasteiger partial charge in [-0.1, -0.05) is 13.8 Å². The number of rotatable bonds is 8. The molecule has 1 heterocycles. The predicted octanol–water partition coefficient (Wildman–Crippen LogP) is 1.94. The summed E-state index contributed by atoms with van der Waals surface area (Å²) in [4.78, 5) is 8.51. The average molecular weight is 223 g/mol. The van der Waals surface area contributed by atoms with Gasteiger partial charge in [-0.25, -0.2) is 9.97 Å². The smallest absolute Gasteiger partial charge is 0.147 e. The molecule has 0 aliphatic carbocycles. The molecule has 4 heteroatoms. The highest BCUT2D eigenvalue weighted by Gasteiger charge is 2.12. The lowest BCUT2D eigenvalue weighted by molar-refractivity contribution is 0.109. The second-order valence-corrected chi connectivity index (χ2v) is 3.69. The summed E-state index contributed by atoms with van der Waals surface area (Å²) in [6.45, 7) is 6.63. The quantitative estimate of drug-likeness (QED) is 0.684. The maximum Gasteiger partial charge on any atom is 0.147 e. The van der Waals surface area contributed by atoms with Crippen LogP contribution in [0.2, 0.25) is 0 Å². The van der Waals surface area contributed by atoms with Gasteiger partial charge in [0.1, 0.15) is 5.82 Å². The Morgan fingerprint density at radius 3 is 2.62 bits per heavy atom. The first-order valence-electron chi connectivity index (χ1n) is 5.96. The molecule has 1 unspecified atom stereocenters. The van der Waals surface area contributed by atoms with E-state index in [1.165, 1.54) is 0 Å². The monoisotopic (exact) mass is 223 g/mol. The van der Waals surface area contributed by atoms with Gasteiger partial charge in [0.05, 0.1) is 12.6 Å². The van der Waals surface area contributed by atoms with Gasteiger partial charge in [0, 0.05) is 19.0 Å². The summed E-state index contributed by atoms with van der Waals surface area (Å²) < 4.78 is 5.55. The zero-order chi connectivity index (χ0) is 11.6. The molecule has 1 rings (SSSR count). The van der Waals surface area contributed by atoms with Crippen LogP contribution in [0.3, 0.4) is 0 Å². The summed E-state index contributed by atoms with van der Waals surface area (Å²) in [5.74, 6) is 0.812. The summed E-state index contributed by atoms with van der Waals surface area (Å²) in [7, 11) is 0. The zero-order valence-corrected chi connectivity index (χ0v) is 10.1. The van der Waals surface area contributed by atoms with Gasteiger partial charge in [-0.15, -0.1) is 0 Å². The molecule has 0 radical (unpaired) electrons. The van der Waals surface area contributed by atoms with Crippen LogP contribution in [-0.4, -0.2) is 29.7 Å². The molecule has 0 saturated heterocycles. The van der Waals surface area contributed by atoms with Gasteiger partial charge in [-0.3, -0.25) is 0 Å². The van der Waals surface area contributed by atoms with Gasteiger partial charge in [-0.05, 0) is 25.5 Å². The molecule has 0 aliphatic heterocycles. The van der Waals surface area contributed by atoms with Crippen LogP contribution >= 0.6 is 0 Å². The van der Waals surface area contributed by atoms with E-state index >= 15 is 0 Å². The van der Waals surface area contributed by atoms with E-state index in [2.05, 4.69) is 29.1 Å². The van der Waals surface area contributed by atoms with Crippen LogP contribution in [0, 0.1) is 0 Å². The molecule has 0 fully saturated rings. The number of nitrogens with one attached hydrogen (secondary N) is 1. The molecule has 0 saturated carbocycles. The Morgan fingerprint density at radius 1 is 1.25 bits per heavy atom. The molecule has 16 heavy (non-hydrogen) atoms. The van der Waals surface area contributed by atoms with Gasteiger partial charge in [-0.2, -0.15) is 0 Å². The molecule has 1 atom stereocenters. The van der Waals surface area contributed by atoms with E-state index in [1.54, 1.807) is 12.4 Å². The highest BCUT2D eigenvalue weighted by molar-refractivity contribution is 4.95. The fraction of sp³-hybridized carbons (Fsp3) is 0.667. The predicted molar refractivity (Wildman–Crippen MR) is 64.2 cm³/mol. The fourth-order valence-electron chi connectivity index (χ4n) is 1.38. The molecule has 0 aromatic carbocycles. The Labute approximate surface area is 97.5 Å². The maximum absolute atomic E-state index is 5.55. The third-order valence-corrected chi connectivity index (χ3v) is 2.17. The van der Waals surface area contributed by atoms with Gasteiger partial charge >= 0.3 is 0 Å². The lowest BCUT2D eigenvalue weighted by Gasteiger charge is -2.16. The third-order valence-electron chi connectivity index (χ3n) is 2.17. The van der Waals surface area contributed by atoms with Crippen molar-refractivity contribution in [2.75, 3.05) is 19.8 Å². The minimum Gasteiger partial charge on any atom is -0.379 e. The average Bonchev–Trinajstić information content (AvgIpc) is 2.35. The van der Waals surface area contributed by atoms with E-state index in [0.29, 0.717) is 6.61 Å². The number of ether oxygens (including phenoxy) is 1. The molecule has 0 amide bonds. The first-order valence-corrected chi connectivity index (χ1v) is 5.96. The molecule has 0 aliphatic rings. The molecule has 0 bridgehead atoms. The lowest BCUT2D eigenvalue weighted by atomic mass is 10.2. The second-order valence-electron chi connectivity index (χ2n) is 3.69. The minimum absolute atomic E-state index is 0.104. The van der Waals surface area contributed by atoms with Gasteiger partial charge < -0.3 is 10.1 Å². The molecule has 4 nitrogen and oxygen atoms in total. The van der Waals surface area contributed by atoms with Crippen molar-refractivity contribution in [3.8, 4) is 0 Å². The summed E-state index contributed by atoms with van der Waals surface area (Å²) in [6, 6.07) is 1.93. The Kier molecular flexibility index (Phi) is 6.69. The van der Waals surface area contributed by atoms with E-state index in [0.717, 1.165) is 31.8 Å². The van der Waals surface area contributed by atoms with Crippen molar-refractivity contribution in [2.45, 2.75) is 32.7 Å². The van der Waals surface area contributed by atoms with Crippen LogP contribution < -0.4 is 5.32 Å². The maximum atomic E-state index is 5.55. The topological polar surface area (TPSA) is 47.0 Å². The summed E-state index contributed by atoms with van der Waals surface area (Å²) in [6.07, 6.45) is 5.67. The van der Waals surface area contributed by atoms with Crippen molar-refractivity contribution < 1.29 is 4.74 Å². The normalized spacial score (nSPS) is 12.6. The molecular formula is C12H21N3O. The summed E-state index contributed by atoms with van der Waals surface area (Å²) in [5, 5.41) is 3.39. The van der Waals surface area contributed by atoms with Crippen molar-refractivity contribution in [3.05, 3.63) is 24.3 Å². The van der Waals surface area contributed by atoms with Gasteiger partial charge in [0.25, 0.3) is 0 Å². The van der Waals surface area contributed by atoms with E-state index in [4.69, 9.17) is 4.74 Å². The van der Waals surface area contributed by atoms with Crippen LogP contribution in [0.4, 0.5) is 0 Å². The Hall–Kier alpha value is -1.00.